The summed E-state index contributed by atoms with van der Waals surface area (Å²) in [4.78, 5) is 69.8. The number of nitrogens with zero attached hydrogens (tertiary/aromatic N) is 9. The Kier molecular flexibility index (Phi) is 16.3. The number of hydrogen-bond donors (Lipinski definition) is 4. The smallest absolute Gasteiger partial charge is 0.409 e. The topological polar surface area (TPSA) is 234 Å². The lowest BCUT2D eigenvalue weighted by Gasteiger charge is -2.35. The number of carbonyl (C=O) groups excluding carboxylic acids is 3. The van der Waals surface area contributed by atoms with Gasteiger partial charge in [-0.25, -0.2) is 14.2 Å². The molecule has 4 N–H and O–H groups in total. The number of benzene rings is 3. The molecule has 3 aromatic carbocycles. The number of likely N-dealkylation sites (tertiary alicyclic amines) is 2. The number of β-amino-alcohol motifs (C(OH)–C–C–N with tert-alkyl or cyclic N) is 1. The molecule has 8 atom stereocenters. The molecule has 7 aromatic rings. The van der Waals surface area contributed by atoms with Gasteiger partial charge in [0.05, 0.1) is 39.2 Å². The van der Waals surface area contributed by atoms with Crippen molar-refractivity contribution in [1.29, 1.82) is 0 Å². The summed E-state index contributed by atoms with van der Waals surface area (Å²) in [6, 6.07) is 18.2. The number of aliphatic hydroxyl groups excluding tert-OH is 1. The van der Waals surface area contributed by atoms with E-state index in [0.717, 1.165) is 83.1 Å². The molecule has 20 nitrogen and oxygen atoms in total. The third-order valence-electron chi connectivity index (χ3n) is 19.1. The number of thiazole rings is 1. The zero-order chi connectivity index (χ0) is 60.3. The zero-order valence-corrected chi connectivity index (χ0v) is 50.7. The number of ether oxygens (including phenoxy) is 3. The van der Waals surface area contributed by atoms with E-state index >= 15 is 4.39 Å². The molecule has 0 aliphatic carbocycles. The first-order valence-corrected chi connectivity index (χ1v) is 31.8. The minimum absolute atomic E-state index is 0.0129. The van der Waals surface area contributed by atoms with E-state index < -0.39 is 23.9 Å². The Morgan fingerprint density at radius 1 is 0.954 bits per heavy atom. The van der Waals surface area contributed by atoms with Crippen molar-refractivity contribution in [2.24, 2.45) is 5.92 Å². The van der Waals surface area contributed by atoms with Crippen molar-refractivity contribution < 1.29 is 47.7 Å². The highest BCUT2D eigenvalue weighted by molar-refractivity contribution is 7.13. The first kappa shape index (κ1) is 58.5. The standard InChI is InChI=1S/C65H76FN11O9S/c1-6-39-9-7-10-42-25-46(78)26-49(55(39)42)57-56(66)58-50(29-67-57)60(75-30-43-15-16-44(31-75)70-43)72-63(71-58)84-34-65-20-8-22-77(65)45(17-21-65)33-83-64(82)74-23-18-48(19-24-74)85-53-28-52(86-73-53)54(36(2)3)62(81)76-32-47(79)27-51(76)61(80)69-37(4)40-11-13-41(14-12-40)59-38(5)68-35-87-59/h7,9-14,25-26,28-29,35-37,43-45,47-48,51,54,70,78-79H,6,8,15-24,27,30-34H2,1-5H3,(H,69,80)/t37-,43?,44?,45-,47+,51-,54+,65-/m0/s1. The minimum Gasteiger partial charge on any atom is -0.508 e. The van der Waals surface area contributed by atoms with Gasteiger partial charge in [0.1, 0.15) is 54.1 Å². The number of phenolic OH excluding ortho intramolecular Hbond substituents is 1. The Morgan fingerprint density at radius 3 is 2.49 bits per heavy atom. The summed E-state index contributed by atoms with van der Waals surface area (Å²) in [5, 5.41) is 34.8. The molecule has 0 radical (unpaired) electrons. The fourth-order valence-corrected chi connectivity index (χ4v) is 15.4. The molecule has 458 valence electrons. The van der Waals surface area contributed by atoms with Crippen molar-refractivity contribution in [2.75, 3.05) is 57.4 Å². The zero-order valence-electron chi connectivity index (χ0n) is 49.9. The number of anilines is 1. The summed E-state index contributed by atoms with van der Waals surface area (Å²) in [7, 11) is 0. The first-order valence-electron chi connectivity index (χ1n) is 31.0. The number of aryl methyl sites for hydroxylation is 2. The van der Waals surface area contributed by atoms with Gasteiger partial charge in [0.25, 0.3) is 5.88 Å². The van der Waals surface area contributed by atoms with Crippen LogP contribution in [0.25, 0.3) is 43.4 Å². The van der Waals surface area contributed by atoms with E-state index in [9.17, 15) is 24.6 Å². The Morgan fingerprint density at radius 2 is 1.75 bits per heavy atom. The molecule has 2 unspecified atom stereocenters. The number of aromatic nitrogens is 5. The molecule has 10 heterocycles. The van der Waals surface area contributed by atoms with Gasteiger partial charge in [-0.05, 0) is 116 Å². The Balaban J connectivity index is 0.619. The maximum Gasteiger partial charge on any atom is 0.409 e. The fraction of sp³-hybridized carbons (Fsp3) is 0.508. The highest BCUT2D eigenvalue weighted by atomic mass is 32.1. The summed E-state index contributed by atoms with van der Waals surface area (Å²) in [6.07, 6.45) is 7.61. The summed E-state index contributed by atoms with van der Waals surface area (Å²) >= 11 is 1.58. The van der Waals surface area contributed by atoms with E-state index in [0.29, 0.717) is 80.1 Å². The van der Waals surface area contributed by atoms with Crippen LogP contribution in [-0.4, -0.2) is 162 Å². The van der Waals surface area contributed by atoms with E-state index in [1.807, 2.05) is 75.7 Å². The molecule has 87 heavy (non-hydrogen) atoms. The van der Waals surface area contributed by atoms with Crippen LogP contribution < -0.4 is 25.0 Å². The van der Waals surface area contributed by atoms with Gasteiger partial charge >= 0.3 is 12.1 Å². The van der Waals surface area contributed by atoms with Crippen molar-refractivity contribution in [2.45, 2.75) is 153 Å². The van der Waals surface area contributed by atoms with Crippen LogP contribution in [0.1, 0.15) is 120 Å². The van der Waals surface area contributed by atoms with Gasteiger partial charge in [0.2, 0.25) is 11.8 Å². The predicted molar refractivity (Wildman–Crippen MR) is 326 cm³/mol. The van der Waals surface area contributed by atoms with Crippen molar-refractivity contribution in [3.8, 4) is 39.3 Å². The van der Waals surface area contributed by atoms with E-state index in [1.165, 1.54) is 4.90 Å². The first-order chi connectivity index (χ1) is 42.1. The van der Waals surface area contributed by atoms with Crippen LogP contribution >= 0.6 is 11.3 Å². The predicted octanol–water partition coefficient (Wildman–Crippen LogP) is 9.25. The molecule has 6 fully saturated rings. The molecule has 4 aromatic heterocycles. The molecular formula is C65H76FN11O9S. The lowest BCUT2D eigenvalue weighted by molar-refractivity contribution is -0.141. The van der Waals surface area contributed by atoms with Crippen molar-refractivity contribution in [3.63, 3.8) is 0 Å². The Bertz CT molecular complexity index is 3700. The second-order valence-electron chi connectivity index (χ2n) is 25.1. The number of halogens is 1. The quantitative estimate of drug-likeness (QED) is 0.0665. The highest BCUT2D eigenvalue weighted by Crippen LogP contribution is 2.44. The number of hydrogen-bond acceptors (Lipinski definition) is 18. The number of piperazine rings is 1. The van der Waals surface area contributed by atoms with Crippen LogP contribution in [0.15, 0.2) is 76.9 Å². The normalized spacial score (nSPS) is 23.9. The van der Waals surface area contributed by atoms with E-state index in [1.54, 1.807) is 40.6 Å². The largest absolute Gasteiger partial charge is 0.508 e. The van der Waals surface area contributed by atoms with Gasteiger partial charge in [-0.1, -0.05) is 63.2 Å². The molecule has 2 bridgehead atoms. The average Bonchev–Trinajstić information content (AvgIpc) is 2.29. The number of aliphatic hydroxyl groups is 1. The number of pyridine rings is 1. The van der Waals surface area contributed by atoms with Crippen LogP contribution in [0.3, 0.4) is 0 Å². The number of phenols is 1. The van der Waals surface area contributed by atoms with E-state index in [4.69, 9.17) is 33.7 Å². The van der Waals surface area contributed by atoms with Crippen LogP contribution in [-0.2, 0) is 20.7 Å². The fourth-order valence-electron chi connectivity index (χ4n) is 14.6. The molecule has 6 aliphatic rings. The number of aromatic hydroxyl groups is 1. The van der Waals surface area contributed by atoms with Crippen LogP contribution in [0.2, 0.25) is 0 Å². The minimum atomic E-state index is -0.875. The second-order valence-corrected chi connectivity index (χ2v) is 26.0. The lowest BCUT2D eigenvalue weighted by Crippen LogP contribution is -2.51. The van der Waals surface area contributed by atoms with E-state index in [-0.39, 0.29) is 103 Å². The molecular weight excluding hydrogens is 1130 g/mol. The second kappa shape index (κ2) is 24.2. The van der Waals surface area contributed by atoms with Gasteiger partial charge in [0.15, 0.2) is 11.6 Å². The molecule has 0 spiro atoms. The molecule has 6 aliphatic heterocycles. The van der Waals surface area contributed by atoms with Gasteiger partial charge in [-0.15, -0.1) is 11.3 Å². The number of piperidine rings is 1. The van der Waals surface area contributed by atoms with Crippen LogP contribution in [0.4, 0.5) is 15.0 Å². The van der Waals surface area contributed by atoms with Crippen LogP contribution in [0.5, 0.6) is 17.6 Å². The third-order valence-corrected chi connectivity index (χ3v) is 20.1. The SMILES string of the molecule is CCc1cccc2cc(O)cc(-c3ncc4c(N5CC6CCC(C5)N6)nc(OC[C@@]56CCCN5[C@H](COC(=O)N5CCC(Oc7cc([C@H](C(=O)N8C[C@H](O)C[C@H]8C(=O)N[C@@H](C)c8ccc(-c9scnc9C)cc8)C(C)C)on7)CC5)CC6)nc4c3F)c12. The maximum atomic E-state index is 17.4. The number of fused-ring (bicyclic) bond motifs is 5. The van der Waals surface area contributed by atoms with Gasteiger partial charge < -0.3 is 54.3 Å². The molecule has 0 saturated carbocycles. The van der Waals surface area contributed by atoms with E-state index in [2.05, 4.69) is 37.5 Å². The van der Waals surface area contributed by atoms with Crippen molar-refractivity contribution in [3.05, 3.63) is 101 Å². The number of amides is 3. The average molecular weight is 1210 g/mol. The number of nitrogens with one attached hydrogen (secondary N) is 2. The Hall–Kier alpha value is -7.53. The summed E-state index contributed by atoms with van der Waals surface area (Å²) < 4.78 is 42.2. The summed E-state index contributed by atoms with van der Waals surface area (Å²) in [5.74, 6) is -1.16. The van der Waals surface area contributed by atoms with Gasteiger partial charge in [0, 0.05) is 87.9 Å². The lowest BCUT2D eigenvalue weighted by atomic mass is 9.91. The van der Waals surface area contributed by atoms with Crippen molar-refractivity contribution in [1.82, 2.24) is 50.4 Å². The third kappa shape index (κ3) is 11.5. The van der Waals surface area contributed by atoms with Crippen LogP contribution in [0, 0.1) is 18.7 Å². The summed E-state index contributed by atoms with van der Waals surface area (Å²) in [5.41, 5.74) is 6.15. The van der Waals surface area contributed by atoms with Gasteiger partial charge in [-0.3, -0.25) is 19.5 Å². The molecule has 6 saturated heterocycles. The molecule has 22 heteroatoms. The number of rotatable bonds is 17. The Labute approximate surface area is 508 Å². The number of carbonyl (C=O) groups is 3. The molecule has 3 amide bonds. The van der Waals surface area contributed by atoms with Crippen molar-refractivity contribution >= 4 is 56.7 Å². The highest BCUT2D eigenvalue weighted by Gasteiger charge is 2.51. The molecule has 13 rings (SSSR count). The van der Waals surface area contributed by atoms with Gasteiger partial charge in [-0.2, -0.15) is 9.97 Å². The monoisotopic (exact) mass is 1210 g/mol. The maximum absolute atomic E-state index is 17.4. The summed E-state index contributed by atoms with van der Waals surface area (Å²) in [6.45, 7) is 13.3.